The molecule has 19 heteroatoms. The molecule has 11 aromatic heterocycles. The van der Waals surface area contributed by atoms with Crippen molar-refractivity contribution in [2.75, 3.05) is 14.7 Å². The lowest BCUT2D eigenvalue weighted by atomic mass is 9.35. The minimum absolute atomic E-state index is 0.0428. The molecule has 0 fully saturated rings. The zero-order chi connectivity index (χ0) is 98.5. The molecule has 150 heavy (non-hydrogen) atoms. The molecule has 0 N–H and O–H groups in total. The van der Waals surface area contributed by atoms with Gasteiger partial charge < -0.3 is 0 Å². The highest BCUT2D eigenvalue weighted by Crippen LogP contribution is 2.53. The molecule has 32 rings (SSSR count). The first kappa shape index (κ1) is 86.3. The Morgan fingerprint density at radius 1 is 0.200 bits per heavy atom. The molecule has 18 aromatic carbocycles. The molecule has 0 atom stereocenters. The van der Waals surface area contributed by atoms with E-state index in [1.807, 2.05) is 29.8 Å². The molecule has 0 amide bonds. The van der Waals surface area contributed by atoms with Gasteiger partial charge in [-0.2, -0.15) is 0 Å². The van der Waals surface area contributed by atoms with Gasteiger partial charge in [0, 0.05) is 83.2 Å². The van der Waals surface area contributed by atoms with Crippen molar-refractivity contribution in [3.8, 4) is 34.1 Å². The van der Waals surface area contributed by atoms with Crippen molar-refractivity contribution in [2.24, 2.45) is 0 Å². The van der Waals surface area contributed by atoms with Crippen molar-refractivity contribution < 1.29 is 0 Å². The van der Waals surface area contributed by atoms with Crippen molar-refractivity contribution in [3.05, 3.63) is 516 Å². The van der Waals surface area contributed by atoms with Gasteiger partial charge in [-0.1, -0.05) is 363 Å². The van der Waals surface area contributed by atoms with Crippen LogP contribution in [-0.2, 0) is 0 Å². The van der Waals surface area contributed by atoms with Crippen LogP contribution in [0.5, 0.6) is 0 Å². The van der Waals surface area contributed by atoms with Crippen LogP contribution >= 0.6 is 22.7 Å². The second kappa shape index (κ2) is 35.4. The number of anilines is 9. The van der Waals surface area contributed by atoms with Gasteiger partial charge in [-0.05, 0) is 211 Å². The van der Waals surface area contributed by atoms with E-state index in [1.54, 1.807) is 17.7 Å². The van der Waals surface area contributed by atoms with Crippen molar-refractivity contribution in [2.45, 2.75) is 0 Å². The van der Waals surface area contributed by atoms with Crippen LogP contribution in [0.15, 0.2) is 516 Å². The van der Waals surface area contributed by atoms with Crippen LogP contribution < -0.4 is 64.1 Å². The van der Waals surface area contributed by atoms with E-state index in [0.29, 0.717) is 0 Å². The van der Waals surface area contributed by atoms with E-state index in [2.05, 4.69) is 533 Å². The molecule has 0 radical (unpaired) electrons. The Morgan fingerprint density at radius 2 is 0.480 bits per heavy atom. The first-order valence-electron chi connectivity index (χ1n) is 50.9. The molecule has 700 valence electrons. The van der Waals surface area contributed by atoms with Gasteiger partial charge in [0.25, 0.3) is 20.1 Å². The standard InChI is InChI=1S/C45H29BN4S.C44H28BN5S.C42H28BN5/c1-4-16-30(17-5-1)46-40-35-23-10-13-25-37(35)48(31-18-6-2-7-19-31)44(40)50(43-42-34(28-29-47-43)33-22-12-15-27-39(33)51-42)45-41(46)36-24-11-14-26-38(36)49(45)32-20-8-3-9-21-32;1-4-16-29(17-5-1)45-38-32-22-10-13-25-35(32)48(30-18-6-2-7-19-30)43(38)50(42-41-40(46-28-47-42)34-24-12-15-27-37(34)51-41)44-39(45)33-23-11-14-26-36(33)49(44)31-20-8-3-9-21-31;1-4-17-30(18-5-1)46-36-26-14-11-23-33(36)38-40(46)48(32-21-8-3-9-22-32)41-39(43(38)42-44-28-29-16-10-13-25-35(29)45-42)34-24-12-15-27-37(34)47(41)31-19-6-2-7-20-31/h1-29H;1-28H;1-28H. The Bertz CT molecular complexity index is 9570. The summed E-state index contributed by atoms with van der Waals surface area (Å²) in [4.78, 5) is 33.4. The smallest absolute Gasteiger partial charge is 0.296 e. The van der Waals surface area contributed by atoms with Crippen LogP contribution in [0.2, 0.25) is 0 Å². The van der Waals surface area contributed by atoms with Gasteiger partial charge in [-0.15, -0.1) is 22.7 Å². The monoisotopic (exact) mass is 1950 g/mol. The normalized spacial score (nSPS) is 12.6. The first-order valence-corrected chi connectivity index (χ1v) is 52.5. The highest BCUT2D eigenvalue weighted by atomic mass is 32.1. The summed E-state index contributed by atoms with van der Waals surface area (Å²) >= 11 is 3.58. The SMILES string of the molecule is c1ccc(B2c3c(n(-c4ccccc4)c4ccccc34)N(c3nccc4c3sc3ccccc34)c3c2c2ccccc2n3-c2ccccc2)cc1.c1ccc(B2c3c(n(-c4ccccc4)c4ccccc34)N(c3ncnc4c3sc3ccccc34)c3c2c2ccccc2n3-c2ccccc2)cc1.c1ccc(N2c3c(c4ccccc4n3-c3ccccc3)B(c3ncc4ccccc4n3)c3c2n(-c2ccccc2)c2ccccc32)cc1. The third kappa shape index (κ3) is 13.4. The van der Waals surface area contributed by atoms with E-state index in [-0.39, 0.29) is 20.1 Å². The molecule has 3 aliphatic heterocycles. The summed E-state index contributed by atoms with van der Waals surface area (Å²) in [6.07, 6.45) is 5.71. The zero-order valence-electron chi connectivity index (χ0n) is 80.9. The van der Waals surface area contributed by atoms with E-state index in [0.717, 1.165) is 141 Å². The van der Waals surface area contributed by atoms with Crippen LogP contribution in [-0.4, -0.2) is 72.5 Å². The molecular weight excluding hydrogens is 1870 g/mol. The van der Waals surface area contributed by atoms with Gasteiger partial charge in [0.15, 0.2) is 11.6 Å². The summed E-state index contributed by atoms with van der Waals surface area (Å²) in [6, 6.07) is 178. The molecule has 14 heterocycles. The topological polar surface area (TPSA) is 104 Å². The van der Waals surface area contributed by atoms with Crippen LogP contribution in [0, 0.1) is 0 Å². The van der Waals surface area contributed by atoms with Crippen molar-refractivity contribution in [1.29, 1.82) is 0 Å². The summed E-state index contributed by atoms with van der Waals surface area (Å²) < 4.78 is 19.3. The lowest BCUT2D eigenvalue weighted by molar-refractivity contribution is 1.01. The Labute approximate surface area is 872 Å². The lowest BCUT2D eigenvalue weighted by Crippen LogP contribution is -2.59. The molecular formula is C131H85B3N14S2. The number of benzene rings is 18. The number of hydrogen-bond donors (Lipinski definition) is 0. The Kier molecular flexibility index (Phi) is 20.3. The van der Waals surface area contributed by atoms with Crippen LogP contribution in [0.25, 0.3) is 151 Å². The maximum absolute atomic E-state index is 5.34. The van der Waals surface area contributed by atoms with Crippen LogP contribution in [0.4, 0.5) is 52.2 Å². The number of thiophene rings is 2. The highest BCUT2D eigenvalue weighted by Gasteiger charge is 2.50. The fraction of sp³-hybridized carbons (Fsp3) is 0. The van der Waals surface area contributed by atoms with Gasteiger partial charge in [0.2, 0.25) is 0 Å². The average Bonchev–Trinajstić information content (AvgIpc) is 1.52. The number of para-hydroxylation sites is 14. The molecule has 0 spiro atoms. The fourth-order valence-corrected chi connectivity index (χ4v) is 26.6. The summed E-state index contributed by atoms with van der Waals surface area (Å²) in [5, 5.41) is 11.9. The lowest BCUT2D eigenvalue weighted by Gasteiger charge is -2.35. The number of rotatable bonds is 12. The predicted molar refractivity (Wildman–Crippen MR) is 630 cm³/mol. The number of fused-ring (bicyclic) bond motifs is 25. The molecule has 0 bridgehead atoms. The van der Waals surface area contributed by atoms with E-state index in [9.17, 15) is 0 Å². The summed E-state index contributed by atoms with van der Waals surface area (Å²) in [5.41, 5.74) is 27.3. The maximum atomic E-state index is 5.34. The number of pyridine rings is 1. The quantitative estimate of drug-likeness (QED) is 0.111. The maximum Gasteiger partial charge on any atom is 0.299 e. The summed E-state index contributed by atoms with van der Waals surface area (Å²) in [7, 11) is 0. The molecule has 14 nitrogen and oxygen atoms in total. The third-order valence-electron chi connectivity index (χ3n) is 30.3. The van der Waals surface area contributed by atoms with Gasteiger partial charge in [-0.3, -0.25) is 47.1 Å². The van der Waals surface area contributed by atoms with Crippen LogP contribution in [0.1, 0.15) is 0 Å². The summed E-state index contributed by atoms with van der Waals surface area (Å²) in [5.74, 6) is 8.37. The fourth-order valence-electron chi connectivity index (χ4n) is 24.3. The van der Waals surface area contributed by atoms with Gasteiger partial charge >= 0.3 is 0 Å². The van der Waals surface area contributed by atoms with Crippen molar-refractivity contribution in [1.82, 2.24) is 52.3 Å². The minimum Gasteiger partial charge on any atom is -0.296 e. The number of aromatic nitrogens is 11. The summed E-state index contributed by atoms with van der Waals surface area (Å²) in [6.45, 7) is -0.347. The molecule has 3 aliphatic rings. The Balaban J connectivity index is 0.000000103. The largest absolute Gasteiger partial charge is 0.299 e. The van der Waals surface area contributed by atoms with E-state index in [4.69, 9.17) is 24.9 Å². The van der Waals surface area contributed by atoms with E-state index < -0.39 is 0 Å². The highest BCUT2D eigenvalue weighted by molar-refractivity contribution is 7.27. The van der Waals surface area contributed by atoms with Gasteiger partial charge in [0.1, 0.15) is 41.2 Å². The first-order chi connectivity index (χ1) is 74.6. The second-order valence-electron chi connectivity index (χ2n) is 38.4. The third-order valence-corrected chi connectivity index (χ3v) is 32.6. The molecule has 0 saturated heterocycles. The van der Waals surface area contributed by atoms with Crippen LogP contribution in [0.3, 0.4) is 0 Å². The molecule has 29 aromatic rings. The Morgan fingerprint density at radius 3 is 0.853 bits per heavy atom. The number of nitrogens with zero attached hydrogens (tertiary/aromatic N) is 14. The van der Waals surface area contributed by atoms with E-state index in [1.165, 1.54) is 112 Å². The van der Waals surface area contributed by atoms with Crippen molar-refractivity contribution in [3.63, 3.8) is 0 Å². The van der Waals surface area contributed by atoms with Gasteiger partial charge in [-0.25, -0.2) is 19.9 Å². The predicted octanol–water partition coefficient (Wildman–Crippen LogP) is 26.5. The zero-order valence-corrected chi connectivity index (χ0v) is 82.5. The average molecular weight is 1950 g/mol. The van der Waals surface area contributed by atoms with E-state index >= 15 is 0 Å². The Hall–Kier alpha value is -19.2. The molecule has 0 aliphatic carbocycles. The molecule has 0 saturated carbocycles. The minimum atomic E-state index is -0.246. The van der Waals surface area contributed by atoms with Crippen molar-refractivity contribution >= 4 is 261 Å². The number of hydrogen-bond acceptors (Lipinski definition) is 10. The second-order valence-corrected chi connectivity index (χ2v) is 40.5. The van der Waals surface area contributed by atoms with Gasteiger partial charge in [0.05, 0.1) is 59.3 Å². The molecule has 0 unspecified atom stereocenters.